The molecule has 2 aromatic rings. The first-order valence-corrected chi connectivity index (χ1v) is 9.98. The molecule has 6 heteroatoms. The molecule has 1 amide bonds. The quantitative estimate of drug-likeness (QED) is 0.824. The number of carbonyl (C=O) groups excluding carboxylic acids is 1. The lowest BCUT2D eigenvalue weighted by Gasteiger charge is -2.35. The molecule has 0 bridgehead atoms. The summed E-state index contributed by atoms with van der Waals surface area (Å²) in [6, 6.07) is 8.51. The first-order valence-electron chi connectivity index (χ1n) is 9.21. The molecule has 1 fully saturated rings. The summed E-state index contributed by atoms with van der Waals surface area (Å²) in [4.78, 5) is 21.3. The molecule has 0 aliphatic carbocycles. The van der Waals surface area contributed by atoms with Crippen LogP contribution in [0.15, 0.2) is 24.3 Å². The number of aromatic nitrogens is 2. The summed E-state index contributed by atoms with van der Waals surface area (Å²) in [5, 5.41) is 0.968. The topological polar surface area (TPSA) is 49.3 Å². The Morgan fingerprint density at radius 3 is 2.38 bits per heavy atom. The molecule has 1 aliphatic rings. The van der Waals surface area contributed by atoms with Gasteiger partial charge in [-0.1, -0.05) is 50.6 Å². The number of carbonyl (C=O) groups is 1. The van der Waals surface area contributed by atoms with Crippen LogP contribution in [-0.4, -0.2) is 46.3 Å². The van der Waals surface area contributed by atoms with Gasteiger partial charge in [0.2, 0.25) is 11.0 Å². The molecule has 140 valence electrons. The molecule has 0 spiro atoms. The molecular formula is C20H28N4OS. The number of benzene rings is 1. The third-order valence-corrected chi connectivity index (χ3v) is 5.34. The zero-order valence-corrected chi connectivity index (χ0v) is 17.0. The molecule has 26 heavy (non-hydrogen) atoms. The normalized spacial score (nSPS) is 15.4. The fourth-order valence-electron chi connectivity index (χ4n) is 3.05. The minimum atomic E-state index is 0.0400. The Hall–Kier alpha value is -1.95. The molecule has 0 N–H and O–H groups in total. The average Bonchev–Trinajstić information content (AvgIpc) is 3.04. The van der Waals surface area contributed by atoms with Gasteiger partial charge in [-0.2, -0.15) is 4.37 Å². The fourth-order valence-corrected chi connectivity index (χ4v) is 3.78. The van der Waals surface area contributed by atoms with Crippen LogP contribution in [0.2, 0.25) is 0 Å². The van der Waals surface area contributed by atoms with Gasteiger partial charge in [0.05, 0.1) is 0 Å². The molecule has 1 saturated heterocycles. The number of anilines is 1. The van der Waals surface area contributed by atoms with Gasteiger partial charge in [-0.05, 0) is 17.9 Å². The highest BCUT2D eigenvalue weighted by Gasteiger charge is 2.26. The van der Waals surface area contributed by atoms with Crippen LogP contribution in [0.3, 0.4) is 0 Å². The Morgan fingerprint density at radius 1 is 1.12 bits per heavy atom. The van der Waals surface area contributed by atoms with E-state index in [-0.39, 0.29) is 11.3 Å². The maximum absolute atomic E-state index is 12.4. The third-order valence-electron chi connectivity index (χ3n) is 4.52. The molecular weight excluding hydrogens is 344 g/mol. The van der Waals surface area contributed by atoms with Gasteiger partial charge < -0.3 is 9.80 Å². The summed E-state index contributed by atoms with van der Waals surface area (Å²) in [6.07, 6.45) is 1.37. The largest absolute Gasteiger partial charge is 0.343 e. The van der Waals surface area contributed by atoms with Gasteiger partial charge in [-0.15, -0.1) is 0 Å². The van der Waals surface area contributed by atoms with Gasteiger partial charge in [0.1, 0.15) is 5.82 Å². The van der Waals surface area contributed by atoms with Gasteiger partial charge in [0.25, 0.3) is 0 Å². The minimum absolute atomic E-state index is 0.0400. The molecule has 2 heterocycles. The van der Waals surface area contributed by atoms with E-state index < -0.39 is 0 Å². The van der Waals surface area contributed by atoms with Crippen LogP contribution >= 0.6 is 11.5 Å². The summed E-state index contributed by atoms with van der Waals surface area (Å²) in [6.45, 7) is 11.6. The number of hydrogen-bond acceptors (Lipinski definition) is 5. The van der Waals surface area contributed by atoms with Crippen molar-refractivity contribution in [3.05, 3.63) is 41.2 Å². The van der Waals surface area contributed by atoms with Crippen molar-refractivity contribution >= 4 is 22.6 Å². The lowest BCUT2D eigenvalue weighted by molar-refractivity contribution is -0.133. The highest BCUT2D eigenvalue weighted by atomic mass is 32.1. The zero-order chi connectivity index (χ0) is 18.7. The van der Waals surface area contributed by atoms with Gasteiger partial charge in [-0.25, -0.2) is 4.98 Å². The van der Waals surface area contributed by atoms with Crippen molar-refractivity contribution in [2.75, 3.05) is 31.1 Å². The van der Waals surface area contributed by atoms with E-state index in [0.29, 0.717) is 6.42 Å². The molecule has 0 saturated carbocycles. The molecule has 0 atom stereocenters. The Bertz CT molecular complexity index is 740. The second-order valence-electron chi connectivity index (χ2n) is 8.26. The molecule has 1 aliphatic heterocycles. The highest BCUT2D eigenvalue weighted by Crippen LogP contribution is 2.23. The SMILES string of the molecule is Cc1ccc(Cc2nsc(N3CCN(C(=O)CC(C)(C)C)CC3)n2)cc1. The van der Waals surface area contributed by atoms with Crippen molar-refractivity contribution < 1.29 is 4.79 Å². The molecule has 0 radical (unpaired) electrons. The van der Waals surface area contributed by atoms with E-state index >= 15 is 0 Å². The Balaban J connectivity index is 1.54. The Kier molecular flexibility index (Phi) is 5.61. The van der Waals surface area contributed by atoms with Gasteiger partial charge in [0, 0.05) is 50.6 Å². The number of rotatable bonds is 4. The summed E-state index contributed by atoms with van der Waals surface area (Å²) in [5.41, 5.74) is 2.54. The van der Waals surface area contributed by atoms with Gasteiger partial charge >= 0.3 is 0 Å². The van der Waals surface area contributed by atoms with Crippen LogP contribution in [0.25, 0.3) is 0 Å². The summed E-state index contributed by atoms with van der Waals surface area (Å²) in [5.74, 6) is 1.13. The Labute approximate surface area is 160 Å². The van der Waals surface area contributed by atoms with Crippen molar-refractivity contribution in [2.45, 2.75) is 40.5 Å². The van der Waals surface area contributed by atoms with E-state index in [4.69, 9.17) is 4.98 Å². The van der Waals surface area contributed by atoms with Crippen molar-refractivity contribution in [1.82, 2.24) is 14.3 Å². The molecule has 5 nitrogen and oxygen atoms in total. The van der Waals surface area contributed by atoms with Crippen LogP contribution in [0.4, 0.5) is 5.13 Å². The summed E-state index contributed by atoms with van der Waals surface area (Å²) < 4.78 is 4.52. The van der Waals surface area contributed by atoms with E-state index in [1.807, 2.05) is 4.90 Å². The van der Waals surface area contributed by atoms with Crippen molar-refractivity contribution in [3.8, 4) is 0 Å². The number of hydrogen-bond donors (Lipinski definition) is 0. The van der Waals surface area contributed by atoms with Crippen LogP contribution < -0.4 is 4.90 Å². The lowest BCUT2D eigenvalue weighted by Crippen LogP contribution is -2.49. The smallest absolute Gasteiger partial charge is 0.223 e. The van der Waals surface area contributed by atoms with Crippen molar-refractivity contribution in [1.29, 1.82) is 0 Å². The number of piperazine rings is 1. The van der Waals surface area contributed by atoms with E-state index in [2.05, 4.69) is 61.2 Å². The van der Waals surface area contributed by atoms with E-state index in [1.165, 1.54) is 22.7 Å². The monoisotopic (exact) mass is 372 g/mol. The standard InChI is InChI=1S/C20H28N4OS/c1-15-5-7-16(8-6-15)13-17-21-19(26-22-17)24-11-9-23(10-12-24)18(25)14-20(2,3)4/h5-8H,9-14H2,1-4H3. The molecule has 1 aromatic carbocycles. The molecule has 3 rings (SSSR count). The maximum Gasteiger partial charge on any atom is 0.223 e. The number of amides is 1. The minimum Gasteiger partial charge on any atom is -0.343 e. The van der Waals surface area contributed by atoms with Gasteiger partial charge in [0.15, 0.2) is 0 Å². The Morgan fingerprint density at radius 2 is 1.77 bits per heavy atom. The molecule has 1 aromatic heterocycles. The number of nitrogens with zero attached hydrogens (tertiary/aromatic N) is 4. The fraction of sp³-hybridized carbons (Fsp3) is 0.550. The second-order valence-corrected chi connectivity index (χ2v) is 8.99. The van der Waals surface area contributed by atoms with E-state index in [0.717, 1.165) is 43.6 Å². The van der Waals surface area contributed by atoms with Crippen LogP contribution in [0.1, 0.15) is 44.1 Å². The first-order chi connectivity index (χ1) is 12.3. The summed E-state index contributed by atoms with van der Waals surface area (Å²) >= 11 is 1.46. The van der Waals surface area contributed by atoms with E-state index in [1.54, 1.807) is 0 Å². The third kappa shape index (κ3) is 5.04. The molecule has 0 unspecified atom stereocenters. The van der Waals surface area contributed by atoms with Crippen LogP contribution in [-0.2, 0) is 11.2 Å². The lowest BCUT2D eigenvalue weighted by atomic mass is 9.91. The number of aryl methyl sites for hydroxylation is 1. The predicted molar refractivity (Wildman–Crippen MR) is 107 cm³/mol. The highest BCUT2D eigenvalue weighted by molar-refractivity contribution is 7.09. The predicted octanol–water partition coefficient (Wildman–Crippen LogP) is 3.52. The second kappa shape index (κ2) is 7.74. The van der Waals surface area contributed by atoms with Crippen LogP contribution in [0.5, 0.6) is 0 Å². The van der Waals surface area contributed by atoms with Crippen molar-refractivity contribution in [3.63, 3.8) is 0 Å². The van der Waals surface area contributed by atoms with Crippen LogP contribution in [0, 0.1) is 12.3 Å². The zero-order valence-electron chi connectivity index (χ0n) is 16.2. The maximum atomic E-state index is 12.4. The van der Waals surface area contributed by atoms with Crippen molar-refractivity contribution in [2.24, 2.45) is 5.41 Å². The average molecular weight is 373 g/mol. The first kappa shape index (κ1) is 18.8. The van der Waals surface area contributed by atoms with Gasteiger partial charge in [-0.3, -0.25) is 4.79 Å². The summed E-state index contributed by atoms with van der Waals surface area (Å²) in [7, 11) is 0. The van der Waals surface area contributed by atoms with E-state index in [9.17, 15) is 4.79 Å².